The van der Waals surface area contributed by atoms with E-state index in [1.54, 1.807) is 6.92 Å². The third-order valence-corrected chi connectivity index (χ3v) is 2.26. The highest BCUT2D eigenvalue weighted by Crippen LogP contribution is 2.16. The molecular formula is C13H17F2NO2. The molecule has 100 valence electrons. The summed E-state index contributed by atoms with van der Waals surface area (Å²) >= 11 is 0. The number of halogens is 2. The number of hydrogen-bond donors (Lipinski definition) is 1. The summed E-state index contributed by atoms with van der Waals surface area (Å²) in [5.74, 6) is -1.76. The van der Waals surface area contributed by atoms with Crippen LogP contribution in [0.4, 0.5) is 8.78 Å². The Bertz CT molecular complexity index is 421. The number of carbonyl (C=O) groups excluding carboxylic acids is 1. The first-order valence-corrected chi connectivity index (χ1v) is 5.79. The van der Waals surface area contributed by atoms with Crippen molar-refractivity contribution in [3.8, 4) is 5.75 Å². The fraction of sp³-hybridized carbons (Fsp3) is 0.462. The van der Waals surface area contributed by atoms with Crippen LogP contribution in [0.1, 0.15) is 20.8 Å². The molecule has 1 N–H and O–H groups in total. The van der Waals surface area contributed by atoms with Crippen molar-refractivity contribution >= 4 is 5.91 Å². The summed E-state index contributed by atoms with van der Waals surface area (Å²) in [6.07, 6.45) is -0.756. The van der Waals surface area contributed by atoms with E-state index in [9.17, 15) is 13.6 Å². The Hall–Kier alpha value is -1.65. The van der Waals surface area contributed by atoms with Gasteiger partial charge in [-0.15, -0.1) is 0 Å². The molecule has 0 spiro atoms. The molecule has 3 nitrogen and oxygen atoms in total. The lowest BCUT2D eigenvalue weighted by molar-refractivity contribution is -0.127. The normalized spacial score (nSPS) is 12.3. The molecule has 0 bridgehead atoms. The summed E-state index contributed by atoms with van der Waals surface area (Å²) in [6.45, 7) is 6.05. The fourth-order valence-corrected chi connectivity index (χ4v) is 1.26. The van der Waals surface area contributed by atoms with E-state index in [1.165, 1.54) is 6.07 Å². The Balaban J connectivity index is 2.55. The van der Waals surface area contributed by atoms with Gasteiger partial charge in [-0.2, -0.15) is 0 Å². The van der Waals surface area contributed by atoms with Crippen LogP contribution in [0.15, 0.2) is 18.2 Å². The van der Waals surface area contributed by atoms with E-state index in [1.807, 2.05) is 13.8 Å². The van der Waals surface area contributed by atoms with E-state index in [-0.39, 0.29) is 11.7 Å². The van der Waals surface area contributed by atoms with E-state index in [0.29, 0.717) is 12.5 Å². The Morgan fingerprint density at radius 3 is 2.50 bits per heavy atom. The molecule has 1 aromatic carbocycles. The van der Waals surface area contributed by atoms with Crippen LogP contribution in [0, 0.1) is 17.6 Å². The van der Waals surface area contributed by atoms with Crippen molar-refractivity contribution in [3.05, 3.63) is 29.8 Å². The van der Waals surface area contributed by atoms with Gasteiger partial charge in [-0.1, -0.05) is 13.8 Å². The first kappa shape index (κ1) is 14.4. The number of hydrogen-bond acceptors (Lipinski definition) is 2. The Kier molecular flexibility index (Phi) is 5.07. The largest absolute Gasteiger partial charge is 0.481 e. The molecule has 1 atom stereocenters. The molecule has 1 aromatic rings. The summed E-state index contributed by atoms with van der Waals surface area (Å²) < 4.78 is 30.8. The highest BCUT2D eigenvalue weighted by Gasteiger charge is 2.15. The van der Waals surface area contributed by atoms with Gasteiger partial charge in [0.15, 0.2) is 17.7 Å². The molecule has 1 unspecified atom stereocenters. The van der Waals surface area contributed by atoms with Crippen LogP contribution in [0.5, 0.6) is 5.75 Å². The van der Waals surface area contributed by atoms with E-state index in [0.717, 1.165) is 12.1 Å². The van der Waals surface area contributed by atoms with E-state index < -0.39 is 17.7 Å². The van der Waals surface area contributed by atoms with Gasteiger partial charge in [0.05, 0.1) is 0 Å². The van der Waals surface area contributed by atoms with Crippen LogP contribution >= 0.6 is 0 Å². The summed E-state index contributed by atoms with van der Waals surface area (Å²) in [5, 5.41) is 2.70. The minimum atomic E-state index is -0.998. The number of rotatable bonds is 5. The first-order valence-electron chi connectivity index (χ1n) is 5.79. The lowest BCUT2D eigenvalue weighted by Crippen LogP contribution is -2.38. The Morgan fingerprint density at radius 1 is 1.28 bits per heavy atom. The average molecular weight is 257 g/mol. The van der Waals surface area contributed by atoms with Crippen LogP contribution in [0.25, 0.3) is 0 Å². The highest BCUT2D eigenvalue weighted by molar-refractivity contribution is 5.80. The van der Waals surface area contributed by atoms with Crippen LogP contribution in [-0.4, -0.2) is 18.6 Å². The van der Waals surface area contributed by atoms with Gasteiger partial charge in [0.25, 0.3) is 5.91 Å². The summed E-state index contributed by atoms with van der Waals surface area (Å²) in [7, 11) is 0. The molecule has 0 fully saturated rings. The Labute approximate surface area is 105 Å². The van der Waals surface area contributed by atoms with Gasteiger partial charge in [0.2, 0.25) is 0 Å². The topological polar surface area (TPSA) is 38.3 Å². The molecule has 0 saturated heterocycles. The van der Waals surface area contributed by atoms with Gasteiger partial charge in [-0.3, -0.25) is 4.79 Å². The van der Waals surface area contributed by atoms with Crippen molar-refractivity contribution in [2.45, 2.75) is 26.9 Å². The number of carbonyl (C=O) groups is 1. The second-order valence-electron chi connectivity index (χ2n) is 4.47. The van der Waals surface area contributed by atoms with Gasteiger partial charge in [-0.05, 0) is 25.0 Å². The predicted octanol–water partition coefficient (Wildman–Crippen LogP) is 2.50. The average Bonchev–Trinajstić information content (AvgIpc) is 2.30. The first-order chi connectivity index (χ1) is 8.40. The number of benzene rings is 1. The summed E-state index contributed by atoms with van der Waals surface area (Å²) in [4.78, 5) is 11.6. The number of ether oxygens (including phenoxy) is 1. The van der Waals surface area contributed by atoms with Crippen LogP contribution in [0.3, 0.4) is 0 Å². The Morgan fingerprint density at radius 2 is 1.94 bits per heavy atom. The van der Waals surface area contributed by atoms with Crippen molar-refractivity contribution < 1.29 is 18.3 Å². The summed E-state index contributed by atoms with van der Waals surface area (Å²) in [5.41, 5.74) is 0. The molecule has 0 aliphatic heterocycles. The molecule has 1 amide bonds. The second-order valence-corrected chi connectivity index (χ2v) is 4.47. The molecule has 0 heterocycles. The molecule has 0 saturated carbocycles. The lowest BCUT2D eigenvalue weighted by Gasteiger charge is -2.15. The molecule has 18 heavy (non-hydrogen) atoms. The minimum absolute atomic E-state index is 0.126. The molecule has 5 heteroatoms. The lowest BCUT2D eigenvalue weighted by atomic mass is 10.2. The zero-order valence-corrected chi connectivity index (χ0v) is 10.7. The third kappa shape index (κ3) is 4.31. The second kappa shape index (κ2) is 6.33. The van der Waals surface area contributed by atoms with Crippen LogP contribution in [0.2, 0.25) is 0 Å². The van der Waals surface area contributed by atoms with Gasteiger partial charge in [0.1, 0.15) is 5.75 Å². The smallest absolute Gasteiger partial charge is 0.260 e. The number of amides is 1. The standard InChI is InChI=1S/C13H17F2NO2/c1-8(2)7-16-13(17)9(3)18-10-4-5-11(14)12(15)6-10/h4-6,8-9H,7H2,1-3H3,(H,16,17). The van der Waals surface area contributed by atoms with Crippen LogP contribution < -0.4 is 10.1 Å². The third-order valence-electron chi connectivity index (χ3n) is 2.26. The van der Waals surface area contributed by atoms with Gasteiger partial charge < -0.3 is 10.1 Å². The monoisotopic (exact) mass is 257 g/mol. The predicted molar refractivity (Wildman–Crippen MR) is 64.3 cm³/mol. The molecule has 0 radical (unpaired) electrons. The molecule has 0 aromatic heterocycles. The molecule has 0 aliphatic rings. The maximum Gasteiger partial charge on any atom is 0.260 e. The van der Waals surface area contributed by atoms with Gasteiger partial charge in [-0.25, -0.2) is 8.78 Å². The number of nitrogens with one attached hydrogen (secondary N) is 1. The quantitative estimate of drug-likeness (QED) is 0.880. The molecular weight excluding hydrogens is 240 g/mol. The minimum Gasteiger partial charge on any atom is -0.481 e. The van der Waals surface area contributed by atoms with E-state index in [4.69, 9.17) is 4.74 Å². The van der Waals surface area contributed by atoms with Crippen molar-refractivity contribution in [2.24, 2.45) is 5.92 Å². The maximum absolute atomic E-state index is 12.9. The molecule has 1 rings (SSSR count). The highest BCUT2D eigenvalue weighted by atomic mass is 19.2. The molecule has 0 aliphatic carbocycles. The van der Waals surface area contributed by atoms with Crippen molar-refractivity contribution in [1.82, 2.24) is 5.32 Å². The van der Waals surface area contributed by atoms with Crippen molar-refractivity contribution in [1.29, 1.82) is 0 Å². The van der Waals surface area contributed by atoms with Crippen LogP contribution in [-0.2, 0) is 4.79 Å². The fourth-order valence-electron chi connectivity index (χ4n) is 1.26. The van der Waals surface area contributed by atoms with Crippen molar-refractivity contribution in [3.63, 3.8) is 0 Å². The van der Waals surface area contributed by atoms with Gasteiger partial charge in [0, 0.05) is 12.6 Å². The zero-order chi connectivity index (χ0) is 13.7. The zero-order valence-electron chi connectivity index (χ0n) is 10.7. The van der Waals surface area contributed by atoms with Gasteiger partial charge >= 0.3 is 0 Å². The van der Waals surface area contributed by atoms with E-state index >= 15 is 0 Å². The SMILES string of the molecule is CC(C)CNC(=O)C(C)Oc1ccc(F)c(F)c1. The summed E-state index contributed by atoms with van der Waals surface area (Å²) in [6, 6.07) is 3.16. The maximum atomic E-state index is 12.9. The van der Waals surface area contributed by atoms with E-state index in [2.05, 4.69) is 5.32 Å². The van der Waals surface area contributed by atoms with Crippen molar-refractivity contribution in [2.75, 3.05) is 6.54 Å².